The SMILES string of the molecule is CCc1ccc2[nH]c(=O)c(CN(C[C@H]3CCCO3)S(=O)(=O)c3cccc(C(F)(F)F)c3)cc2c1. The average Bonchev–Trinajstić information content (AvgIpc) is 3.31. The number of aryl methyl sites for hydroxylation is 1. The van der Waals surface area contributed by atoms with Gasteiger partial charge in [0.25, 0.3) is 5.56 Å². The molecule has 1 N–H and O–H groups in total. The summed E-state index contributed by atoms with van der Waals surface area (Å²) in [5, 5.41) is 0.752. The van der Waals surface area contributed by atoms with Crippen LogP contribution in [0.5, 0.6) is 0 Å². The number of alkyl halides is 3. The van der Waals surface area contributed by atoms with Crippen LogP contribution in [-0.2, 0) is 33.9 Å². The third-order valence-corrected chi connectivity index (χ3v) is 7.78. The number of nitrogens with one attached hydrogen (secondary N) is 1. The van der Waals surface area contributed by atoms with Crippen molar-refractivity contribution in [3.8, 4) is 0 Å². The van der Waals surface area contributed by atoms with Crippen molar-refractivity contribution < 1.29 is 26.3 Å². The molecule has 0 amide bonds. The Kier molecular flexibility index (Phi) is 6.84. The lowest BCUT2D eigenvalue weighted by Crippen LogP contribution is -2.38. The van der Waals surface area contributed by atoms with E-state index in [0.717, 1.165) is 46.3 Å². The monoisotopic (exact) mass is 494 g/mol. The Morgan fingerprint density at radius 3 is 2.62 bits per heavy atom. The van der Waals surface area contributed by atoms with Gasteiger partial charge in [-0.3, -0.25) is 4.79 Å². The second kappa shape index (κ2) is 9.52. The highest BCUT2D eigenvalue weighted by molar-refractivity contribution is 7.89. The highest BCUT2D eigenvalue weighted by atomic mass is 32.2. The molecule has 3 aromatic rings. The molecule has 34 heavy (non-hydrogen) atoms. The Hall–Kier alpha value is -2.69. The van der Waals surface area contributed by atoms with Gasteiger partial charge in [-0.15, -0.1) is 0 Å². The lowest BCUT2D eigenvalue weighted by molar-refractivity contribution is -0.137. The molecule has 0 unspecified atom stereocenters. The molecule has 182 valence electrons. The Bertz CT molecular complexity index is 1350. The van der Waals surface area contributed by atoms with Crippen LogP contribution in [0.15, 0.2) is 58.2 Å². The van der Waals surface area contributed by atoms with Crippen LogP contribution in [0.1, 0.15) is 36.5 Å². The highest BCUT2D eigenvalue weighted by Crippen LogP contribution is 2.32. The summed E-state index contributed by atoms with van der Waals surface area (Å²) < 4.78 is 73.2. The number of H-pyrrole nitrogens is 1. The maximum Gasteiger partial charge on any atom is 0.416 e. The van der Waals surface area contributed by atoms with Crippen LogP contribution in [0, 0.1) is 0 Å². The van der Waals surface area contributed by atoms with Crippen LogP contribution in [0.25, 0.3) is 10.9 Å². The Balaban J connectivity index is 1.75. The summed E-state index contributed by atoms with van der Waals surface area (Å²) in [6.07, 6.45) is -2.90. The van der Waals surface area contributed by atoms with Crippen LogP contribution in [0.2, 0.25) is 0 Å². The number of fused-ring (bicyclic) bond motifs is 1. The van der Waals surface area contributed by atoms with E-state index in [1.54, 1.807) is 12.1 Å². The smallest absolute Gasteiger partial charge is 0.377 e. The fourth-order valence-electron chi connectivity index (χ4n) is 4.07. The first-order valence-corrected chi connectivity index (χ1v) is 12.5. The van der Waals surface area contributed by atoms with Crippen LogP contribution in [-0.4, -0.2) is 37.0 Å². The van der Waals surface area contributed by atoms with Gasteiger partial charge < -0.3 is 9.72 Å². The predicted molar refractivity (Wildman–Crippen MR) is 122 cm³/mol. The standard InChI is InChI=1S/C24H25F3N2O4S/c1-2-16-8-9-22-17(11-16)12-18(23(30)28-22)14-29(15-20-6-4-10-33-20)34(31,32)21-7-3-5-19(13-21)24(25,26)27/h3,5,7-9,11-13,20H,2,4,6,10,14-15H2,1H3,(H,28,30)/t20-/m1/s1. The first-order chi connectivity index (χ1) is 16.1. The molecule has 0 aliphatic carbocycles. The van der Waals surface area contributed by atoms with Crippen molar-refractivity contribution in [3.05, 3.63) is 75.6 Å². The molecular weight excluding hydrogens is 469 g/mol. The first-order valence-electron chi connectivity index (χ1n) is 11.0. The zero-order valence-electron chi connectivity index (χ0n) is 18.6. The minimum absolute atomic E-state index is 0.0644. The molecule has 4 rings (SSSR count). The summed E-state index contributed by atoms with van der Waals surface area (Å²) in [5.41, 5.74) is 0.375. The van der Waals surface area contributed by atoms with Crippen molar-refractivity contribution in [2.45, 2.75) is 49.9 Å². The Labute approximate surface area is 195 Å². The molecule has 6 nitrogen and oxygen atoms in total. The van der Waals surface area contributed by atoms with Gasteiger partial charge in [-0.2, -0.15) is 17.5 Å². The average molecular weight is 495 g/mol. The van der Waals surface area contributed by atoms with Gasteiger partial charge in [-0.1, -0.05) is 19.1 Å². The molecule has 0 radical (unpaired) electrons. The van der Waals surface area contributed by atoms with Crippen LogP contribution >= 0.6 is 0 Å². The van der Waals surface area contributed by atoms with Gasteiger partial charge in [-0.05, 0) is 66.6 Å². The van der Waals surface area contributed by atoms with Gasteiger partial charge in [0.15, 0.2) is 0 Å². The van der Waals surface area contributed by atoms with Crippen molar-refractivity contribution in [3.63, 3.8) is 0 Å². The van der Waals surface area contributed by atoms with E-state index in [9.17, 15) is 26.4 Å². The highest BCUT2D eigenvalue weighted by Gasteiger charge is 2.34. The number of aromatic amines is 1. The first kappa shape index (κ1) is 24.4. The van der Waals surface area contributed by atoms with Crippen molar-refractivity contribution in [2.24, 2.45) is 0 Å². The molecule has 10 heteroatoms. The minimum atomic E-state index is -4.68. The zero-order chi connectivity index (χ0) is 24.5. The largest absolute Gasteiger partial charge is 0.416 e. The van der Waals surface area contributed by atoms with Crippen molar-refractivity contribution in [2.75, 3.05) is 13.2 Å². The van der Waals surface area contributed by atoms with Gasteiger partial charge in [-0.25, -0.2) is 8.42 Å². The van der Waals surface area contributed by atoms with Crippen molar-refractivity contribution in [1.82, 2.24) is 9.29 Å². The summed E-state index contributed by atoms with van der Waals surface area (Å²) in [5.74, 6) is 0. The number of rotatable bonds is 7. The molecule has 1 aliphatic heterocycles. The topological polar surface area (TPSA) is 79.5 Å². The van der Waals surface area contributed by atoms with Gasteiger partial charge >= 0.3 is 6.18 Å². The second-order valence-corrected chi connectivity index (χ2v) is 10.3. The third-order valence-electron chi connectivity index (χ3n) is 5.97. The molecule has 0 saturated carbocycles. The fourth-order valence-corrected chi connectivity index (χ4v) is 5.57. The van der Waals surface area contributed by atoms with E-state index in [-0.39, 0.29) is 18.7 Å². The molecule has 2 heterocycles. The van der Waals surface area contributed by atoms with E-state index in [0.29, 0.717) is 24.6 Å². The number of hydrogen-bond donors (Lipinski definition) is 1. The number of pyridine rings is 1. The van der Waals surface area contributed by atoms with E-state index in [2.05, 4.69) is 4.98 Å². The maximum absolute atomic E-state index is 13.5. The van der Waals surface area contributed by atoms with E-state index < -0.39 is 38.3 Å². The van der Waals surface area contributed by atoms with Crippen LogP contribution in [0.3, 0.4) is 0 Å². The van der Waals surface area contributed by atoms with Gasteiger partial charge in [0.05, 0.1) is 16.6 Å². The fraction of sp³-hybridized carbons (Fsp3) is 0.375. The van der Waals surface area contributed by atoms with E-state index in [4.69, 9.17) is 4.74 Å². The molecule has 1 aromatic heterocycles. The number of ether oxygens (including phenoxy) is 1. The summed E-state index contributed by atoms with van der Waals surface area (Å²) in [4.78, 5) is 15.0. The predicted octanol–water partition coefficient (Wildman–Crippen LogP) is 4.48. The molecule has 0 bridgehead atoms. The molecule has 1 aliphatic rings. The van der Waals surface area contributed by atoms with E-state index in [1.165, 1.54) is 0 Å². The third kappa shape index (κ3) is 5.18. The number of nitrogens with zero attached hydrogens (tertiary/aromatic N) is 1. The summed E-state index contributed by atoms with van der Waals surface area (Å²) in [7, 11) is -4.35. The summed E-state index contributed by atoms with van der Waals surface area (Å²) in [6.45, 7) is 2.13. The molecule has 2 aromatic carbocycles. The lowest BCUT2D eigenvalue weighted by atomic mass is 10.1. The number of benzene rings is 2. The normalized spacial score (nSPS) is 17.0. The number of hydrogen-bond acceptors (Lipinski definition) is 4. The minimum Gasteiger partial charge on any atom is -0.377 e. The lowest BCUT2D eigenvalue weighted by Gasteiger charge is -2.25. The Morgan fingerprint density at radius 1 is 1.15 bits per heavy atom. The summed E-state index contributed by atoms with van der Waals surface area (Å²) in [6, 6.07) is 10.9. The van der Waals surface area contributed by atoms with Crippen LogP contribution in [0.4, 0.5) is 13.2 Å². The summed E-state index contributed by atoms with van der Waals surface area (Å²) >= 11 is 0. The molecule has 1 atom stereocenters. The molecule has 1 saturated heterocycles. The van der Waals surface area contributed by atoms with Gasteiger partial charge in [0, 0.05) is 30.8 Å². The van der Waals surface area contributed by atoms with Crippen LogP contribution < -0.4 is 5.56 Å². The van der Waals surface area contributed by atoms with E-state index >= 15 is 0 Å². The van der Waals surface area contributed by atoms with Crippen molar-refractivity contribution >= 4 is 20.9 Å². The van der Waals surface area contributed by atoms with E-state index in [1.807, 2.05) is 19.1 Å². The maximum atomic E-state index is 13.5. The number of sulfonamides is 1. The molecular formula is C24H25F3N2O4S. The molecule has 1 fully saturated rings. The van der Waals surface area contributed by atoms with Gasteiger partial charge in [0.1, 0.15) is 0 Å². The van der Waals surface area contributed by atoms with Crippen molar-refractivity contribution in [1.29, 1.82) is 0 Å². The Morgan fingerprint density at radius 2 is 1.94 bits per heavy atom. The van der Waals surface area contributed by atoms with Gasteiger partial charge in [0.2, 0.25) is 10.0 Å². The quantitative estimate of drug-likeness (QED) is 0.525. The second-order valence-electron chi connectivity index (χ2n) is 8.36. The number of aromatic nitrogens is 1. The zero-order valence-corrected chi connectivity index (χ0v) is 19.4. The molecule has 0 spiro atoms. The number of halogens is 3.